The SMILES string of the molecule is NC(=O)c1cc(CCCCCCCCCCCCc2cc(C(N)=O)n[nH]2)[nH]n1. The minimum absolute atomic E-state index is 0.315. The van der Waals surface area contributed by atoms with Crippen LogP contribution in [0.2, 0.25) is 0 Å². The van der Waals surface area contributed by atoms with Gasteiger partial charge in [-0.1, -0.05) is 51.4 Å². The molecule has 2 rings (SSSR count). The van der Waals surface area contributed by atoms with Crippen LogP contribution >= 0.6 is 0 Å². The molecule has 2 aromatic rings. The van der Waals surface area contributed by atoms with Gasteiger partial charge in [-0.3, -0.25) is 19.8 Å². The first kappa shape index (κ1) is 21.7. The third-order valence-electron chi connectivity index (χ3n) is 4.91. The molecule has 8 heteroatoms. The number of hydrogen-bond acceptors (Lipinski definition) is 4. The number of rotatable bonds is 15. The highest BCUT2D eigenvalue weighted by atomic mass is 16.1. The number of H-pyrrole nitrogens is 2. The monoisotopic (exact) mass is 388 g/mol. The molecule has 154 valence electrons. The summed E-state index contributed by atoms with van der Waals surface area (Å²) in [5.74, 6) is -0.970. The number of nitrogens with two attached hydrogens (primary N) is 2. The standard InChI is InChI=1S/C20H32N6O2/c21-19(27)17-13-15(23-25-17)11-9-7-5-3-1-2-4-6-8-10-12-16-14-18(20(22)28)26-24-16/h13-14H,1-12H2,(H2,21,27)(H2,22,28)(H,23,25)(H,24,26). The van der Waals surface area contributed by atoms with E-state index >= 15 is 0 Å². The van der Waals surface area contributed by atoms with Crippen molar-refractivity contribution in [1.29, 1.82) is 0 Å². The third-order valence-corrected chi connectivity index (χ3v) is 4.91. The van der Waals surface area contributed by atoms with Crippen molar-refractivity contribution in [3.05, 3.63) is 34.9 Å². The Kier molecular flexibility index (Phi) is 9.24. The normalized spacial score (nSPS) is 11.0. The fourth-order valence-electron chi connectivity index (χ4n) is 3.28. The second kappa shape index (κ2) is 11.9. The van der Waals surface area contributed by atoms with E-state index in [1.807, 2.05) is 0 Å². The number of amides is 2. The molecule has 0 unspecified atom stereocenters. The first-order chi connectivity index (χ1) is 13.6. The molecule has 0 radical (unpaired) electrons. The molecule has 2 amide bonds. The minimum Gasteiger partial charge on any atom is -0.364 e. The molecular formula is C20H32N6O2. The van der Waals surface area contributed by atoms with Gasteiger partial charge in [0.1, 0.15) is 11.4 Å². The van der Waals surface area contributed by atoms with Crippen molar-refractivity contribution >= 4 is 11.8 Å². The smallest absolute Gasteiger partial charge is 0.269 e. The molecule has 0 spiro atoms. The average molecular weight is 389 g/mol. The van der Waals surface area contributed by atoms with Crippen molar-refractivity contribution in [2.45, 2.75) is 77.0 Å². The number of carbonyl (C=O) groups excluding carboxylic acids is 2. The lowest BCUT2D eigenvalue weighted by atomic mass is 10.0. The zero-order chi connectivity index (χ0) is 20.2. The van der Waals surface area contributed by atoms with Gasteiger partial charge in [0.25, 0.3) is 11.8 Å². The summed E-state index contributed by atoms with van der Waals surface area (Å²) in [5, 5.41) is 13.5. The second-order valence-electron chi connectivity index (χ2n) is 7.32. The predicted molar refractivity (Wildman–Crippen MR) is 108 cm³/mol. The number of hydrogen-bond donors (Lipinski definition) is 4. The van der Waals surface area contributed by atoms with Crippen molar-refractivity contribution in [3.63, 3.8) is 0 Å². The number of nitrogens with one attached hydrogen (secondary N) is 2. The van der Waals surface area contributed by atoms with Gasteiger partial charge in [-0.2, -0.15) is 10.2 Å². The number of aryl methyl sites for hydroxylation is 2. The largest absolute Gasteiger partial charge is 0.364 e. The molecule has 0 saturated heterocycles. The van der Waals surface area contributed by atoms with Gasteiger partial charge in [-0.05, 0) is 37.8 Å². The van der Waals surface area contributed by atoms with E-state index in [1.165, 1.54) is 51.4 Å². The lowest BCUT2D eigenvalue weighted by Gasteiger charge is -2.02. The van der Waals surface area contributed by atoms with Crippen LogP contribution in [-0.2, 0) is 12.8 Å². The Hall–Kier alpha value is -2.64. The lowest BCUT2D eigenvalue weighted by Crippen LogP contribution is -2.11. The molecule has 0 aliphatic carbocycles. The van der Waals surface area contributed by atoms with Gasteiger partial charge in [-0.25, -0.2) is 0 Å². The average Bonchev–Trinajstić information content (AvgIpc) is 3.32. The van der Waals surface area contributed by atoms with Crippen molar-refractivity contribution < 1.29 is 9.59 Å². The number of nitrogens with zero attached hydrogens (tertiary/aromatic N) is 2. The molecule has 6 N–H and O–H groups in total. The van der Waals surface area contributed by atoms with Crippen LogP contribution in [0.25, 0.3) is 0 Å². The molecular weight excluding hydrogens is 356 g/mol. The van der Waals surface area contributed by atoms with Crippen molar-refractivity contribution in [3.8, 4) is 0 Å². The molecule has 0 atom stereocenters. The molecule has 28 heavy (non-hydrogen) atoms. The van der Waals surface area contributed by atoms with Crippen LogP contribution in [0, 0.1) is 0 Å². The Morgan fingerprint density at radius 1 is 0.643 bits per heavy atom. The summed E-state index contributed by atoms with van der Waals surface area (Å²) in [4.78, 5) is 22.0. The van der Waals surface area contributed by atoms with Crippen LogP contribution in [0.15, 0.2) is 12.1 Å². The highest BCUT2D eigenvalue weighted by Gasteiger charge is 2.06. The molecule has 0 aliphatic heterocycles. The summed E-state index contributed by atoms with van der Waals surface area (Å²) >= 11 is 0. The maximum absolute atomic E-state index is 11.0. The van der Waals surface area contributed by atoms with E-state index in [4.69, 9.17) is 11.5 Å². The quantitative estimate of drug-likeness (QED) is 0.348. The van der Waals surface area contributed by atoms with E-state index in [0.717, 1.165) is 37.1 Å². The number of aromatic nitrogens is 4. The second-order valence-corrected chi connectivity index (χ2v) is 7.32. The summed E-state index contributed by atoms with van der Waals surface area (Å²) in [6.07, 6.45) is 14.1. The Labute approximate surface area is 165 Å². The molecule has 0 aromatic carbocycles. The number of aromatic amines is 2. The maximum Gasteiger partial charge on any atom is 0.269 e. The van der Waals surface area contributed by atoms with Gasteiger partial charge in [0.05, 0.1) is 0 Å². The Bertz CT molecular complexity index is 674. The number of carbonyl (C=O) groups is 2. The molecule has 0 saturated carbocycles. The molecule has 2 heterocycles. The summed E-state index contributed by atoms with van der Waals surface area (Å²) in [7, 11) is 0. The van der Waals surface area contributed by atoms with Crippen LogP contribution in [0.3, 0.4) is 0 Å². The molecule has 8 nitrogen and oxygen atoms in total. The van der Waals surface area contributed by atoms with E-state index in [2.05, 4.69) is 20.4 Å². The van der Waals surface area contributed by atoms with Gasteiger partial charge >= 0.3 is 0 Å². The van der Waals surface area contributed by atoms with Crippen LogP contribution in [0.1, 0.15) is 96.6 Å². The van der Waals surface area contributed by atoms with E-state index in [9.17, 15) is 9.59 Å². The number of unbranched alkanes of at least 4 members (excludes halogenated alkanes) is 9. The van der Waals surface area contributed by atoms with Crippen LogP contribution in [0.5, 0.6) is 0 Å². The topological polar surface area (TPSA) is 144 Å². The van der Waals surface area contributed by atoms with Gasteiger partial charge in [0.15, 0.2) is 0 Å². The van der Waals surface area contributed by atoms with E-state index in [0.29, 0.717) is 11.4 Å². The Balaban J connectivity index is 1.37. The van der Waals surface area contributed by atoms with Crippen LogP contribution < -0.4 is 11.5 Å². The fraction of sp³-hybridized carbons (Fsp3) is 0.600. The van der Waals surface area contributed by atoms with Crippen molar-refractivity contribution in [1.82, 2.24) is 20.4 Å². The first-order valence-electron chi connectivity index (χ1n) is 10.2. The van der Waals surface area contributed by atoms with Crippen LogP contribution in [-0.4, -0.2) is 32.2 Å². The third kappa shape index (κ3) is 7.94. The summed E-state index contributed by atoms with van der Waals surface area (Å²) in [6.45, 7) is 0. The summed E-state index contributed by atoms with van der Waals surface area (Å²) in [5.41, 5.74) is 13.0. The maximum atomic E-state index is 11.0. The molecule has 0 fully saturated rings. The molecule has 2 aromatic heterocycles. The summed E-state index contributed by atoms with van der Waals surface area (Å²) < 4.78 is 0. The highest BCUT2D eigenvalue weighted by molar-refractivity contribution is 5.91. The lowest BCUT2D eigenvalue weighted by molar-refractivity contribution is 0.0987. The minimum atomic E-state index is -0.485. The predicted octanol–water partition coefficient (Wildman–Crippen LogP) is 3.02. The zero-order valence-electron chi connectivity index (χ0n) is 16.5. The van der Waals surface area contributed by atoms with E-state index in [-0.39, 0.29) is 0 Å². The highest BCUT2D eigenvalue weighted by Crippen LogP contribution is 2.13. The van der Waals surface area contributed by atoms with E-state index in [1.54, 1.807) is 12.1 Å². The fourth-order valence-corrected chi connectivity index (χ4v) is 3.28. The van der Waals surface area contributed by atoms with Crippen molar-refractivity contribution in [2.75, 3.05) is 0 Å². The van der Waals surface area contributed by atoms with Crippen molar-refractivity contribution in [2.24, 2.45) is 11.5 Å². The van der Waals surface area contributed by atoms with E-state index < -0.39 is 11.8 Å². The van der Waals surface area contributed by atoms with Gasteiger partial charge < -0.3 is 11.5 Å². The van der Waals surface area contributed by atoms with Gasteiger partial charge in [0.2, 0.25) is 0 Å². The molecule has 0 aliphatic rings. The number of primary amides is 2. The first-order valence-corrected chi connectivity index (χ1v) is 10.2. The Morgan fingerprint density at radius 2 is 0.964 bits per heavy atom. The van der Waals surface area contributed by atoms with Gasteiger partial charge in [-0.15, -0.1) is 0 Å². The van der Waals surface area contributed by atoms with Crippen LogP contribution in [0.4, 0.5) is 0 Å². The van der Waals surface area contributed by atoms with Gasteiger partial charge in [0, 0.05) is 11.4 Å². The molecule has 0 bridgehead atoms. The summed E-state index contributed by atoms with van der Waals surface area (Å²) in [6, 6.07) is 3.48. The Morgan fingerprint density at radius 3 is 1.25 bits per heavy atom. The zero-order valence-corrected chi connectivity index (χ0v) is 16.5.